The lowest BCUT2D eigenvalue weighted by Crippen LogP contribution is -2.35. The molecule has 1 fully saturated rings. The number of carbonyl (C=O) groups is 1. The van der Waals surface area contributed by atoms with Gasteiger partial charge in [-0.2, -0.15) is 51.3 Å². The molecule has 0 spiro atoms. The van der Waals surface area contributed by atoms with Crippen LogP contribution in [0, 0.1) is 17.2 Å². The highest BCUT2D eigenvalue weighted by atomic mass is 32.2. The highest BCUT2D eigenvalue weighted by Crippen LogP contribution is 2.40. The zero-order valence-electron chi connectivity index (χ0n) is 30.3. The van der Waals surface area contributed by atoms with Gasteiger partial charge in [-0.15, -0.1) is 0 Å². The van der Waals surface area contributed by atoms with E-state index >= 15 is 0 Å². The highest BCUT2D eigenvalue weighted by Gasteiger charge is 2.38. The minimum Gasteiger partial charge on any atom is -0.491 e. The lowest BCUT2D eigenvalue weighted by molar-refractivity contribution is -0.143. The van der Waals surface area contributed by atoms with Crippen molar-refractivity contribution in [3.8, 4) is 0 Å². The molecular formula is C37H45F9N4O3S. The topological polar surface area (TPSA) is 89.2 Å². The van der Waals surface area contributed by atoms with Crippen molar-refractivity contribution in [1.29, 1.82) is 5.41 Å². The van der Waals surface area contributed by atoms with E-state index in [4.69, 9.17) is 10.1 Å². The zero-order chi connectivity index (χ0) is 40.4. The number of carboxylic acids is 1. The number of aliphatic imine (C=N–C) groups is 1. The number of halogens is 9. The third kappa shape index (κ3) is 12.9. The molecule has 0 amide bonds. The van der Waals surface area contributed by atoms with Crippen molar-refractivity contribution in [2.75, 3.05) is 36.6 Å². The number of nitrogens with one attached hydrogen (secondary N) is 1. The summed E-state index contributed by atoms with van der Waals surface area (Å²) in [6.07, 6.45) is -7.82. The molecule has 1 saturated carbocycles. The average Bonchev–Trinajstić information content (AvgIpc) is 3.09. The van der Waals surface area contributed by atoms with E-state index < -0.39 is 65.3 Å². The van der Waals surface area contributed by atoms with E-state index in [0.717, 1.165) is 23.2 Å². The number of benzene rings is 2. The van der Waals surface area contributed by atoms with Crippen molar-refractivity contribution in [2.24, 2.45) is 16.8 Å². The Kier molecular flexibility index (Phi) is 15.8. The van der Waals surface area contributed by atoms with Crippen LogP contribution in [-0.4, -0.2) is 59.9 Å². The van der Waals surface area contributed by atoms with Gasteiger partial charge in [0.25, 0.3) is 0 Å². The van der Waals surface area contributed by atoms with E-state index in [1.807, 2.05) is 11.2 Å². The number of carboxylic acid groups (broad SMARTS) is 1. The second-order valence-electron chi connectivity index (χ2n) is 13.1. The van der Waals surface area contributed by atoms with Crippen LogP contribution in [0.3, 0.4) is 0 Å². The Balaban J connectivity index is 2.14. The van der Waals surface area contributed by atoms with Crippen LogP contribution in [0.25, 0.3) is 0 Å². The second-order valence-corrected chi connectivity index (χ2v) is 14.1. The summed E-state index contributed by atoms with van der Waals surface area (Å²) < 4.78 is 131. The Bertz CT molecular complexity index is 1600. The predicted octanol–water partition coefficient (Wildman–Crippen LogP) is 10.7. The average molecular weight is 797 g/mol. The zero-order valence-corrected chi connectivity index (χ0v) is 31.2. The quantitative estimate of drug-likeness (QED) is 0.0613. The molecule has 54 heavy (non-hydrogen) atoms. The van der Waals surface area contributed by atoms with Crippen LogP contribution in [0.4, 0.5) is 45.2 Å². The molecule has 0 radical (unpaired) electrons. The number of nitrogens with zero attached hydrogens (tertiary/aromatic N) is 3. The van der Waals surface area contributed by atoms with Crippen LogP contribution in [-0.2, 0) is 34.6 Å². The number of hydrogen-bond acceptors (Lipinski definition) is 5. The number of thioether (sulfide) groups is 1. The second kappa shape index (κ2) is 19.1. The first-order valence-corrected chi connectivity index (χ1v) is 18.7. The number of anilines is 1. The first kappa shape index (κ1) is 44.5. The molecule has 1 aliphatic carbocycles. The van der Waals surface area contributed by atoms with Gasteiger partial charge >= 0.3 is 24.5 Å². The summed E-state index contributed by atoms with van der Waals surface area (Å²) in [6, 6.07) is 2.65. The first-order valence-electron chi connectivity index (χ1n) is 17.3. The summed E-state index contributed by atoms with van der Waals surface area (Å²) in [5.74, 6) is -0.608. The summed E-state index contributed by atoms with van der Waals surface area (Å²) in [4.78, 5) is 18.2. The molecule has 2 aromatic rings. The van der Waals surface area contributed by atoms with Crippen molar-refractivity contribution in [1.82, 2.24) is 4.90 Å². The van der Waals surface area contributed by atoms with Crippen LogP contribution >= 0.6 is 11.8 Å². The maximum absolute atomic E-state index is 14.1. The number of rotatable bonds is 15. The molecule has 1 aliphatic rings. The van der Waals surface area contributed by atoms with E-state index in [1.165, 1.54) is 30.8 Å². The van der Waals surface area contributed by atoms with Crippen LogP contribution in [0.1, 0.15) is 86.7 Å². The first-order chi connectivity index (χ1) is 25.2. The summed E-state index contributed by atoms with van der Waals surface area (Å²) >= 11 is 1.50. The van der Waals surface area contributed by atoms with E-state index in [1.54, 1.807) is 13.8 Å². The van der Waals surface area contributed by atoms with Crippen molar-refractivity contribution in [2.45, 2.75) is 84.0 Å². The Hall–Kier alpha value is -3.89. The fourth-order valence-corrected chi connectivity index (χ4v) is 6.64. The van der Waals surface area contributed by atoms with Gasteiger partial charge in [0, 0.05) is 37.5 Å². The van der Waals surface area contributed by atoms with Gasteiger partial charge in [0.05, 0.1) is 35.6 Å². The molecule has 0 aromatic heterocycles. The molecule has 0 aliphatic heterocycles. The maximum atomic E-state index is 14.1. The van der Waals surface area contributed by atoms with Gasteiger partial charge in [0.1, 0.15) is 5.76 Å². The van der Waals surface area contributed by atoms with E-state index in [9.17, 15) is 49.4 Å². The van der Waals surface area contributed by atoms with Gasteiger partial charge in [-0.1, -0.05) is 0 Å². The fraction of sp³-hybridized carbons (Fsp3) is 0.541. The normalized spacial score (nSPS) is 17.8. The van der Waals surface area contributed by atoms with Crippen LogP contribution in [0.2, 0.25) is 0 Å². The number of aliphatic carboxylic acids is 1. The predicted molar refractivity (Wildman–Crippen MR) is 192 cm³/mol. The Morgan fingerprint density at radius 3 is 2.04 bits per heavy atom. The number of allylic oxidation sites excluding steroid dienone is 2. The molecule has 1 atom stereocenters. The summed E-state index contributed by atoms with van der Waals surface area (Å²) in [7, 11) is 0. The van der Waals surface area contributed by atoms with Gasteiger partial charge in [0.2, 0.25) is 5.96 Å². The molecule has 17 heteroatoms. The van der Waals surface area contributed by atoms with E-state index in [0.29, 0.717) is 62.3 Å². The lowest BCUT2D eigenvalue weighted by atomic mass is 9.80. The van der Waals surface area contributed by atoms with Crippen LogP contribution in [0.5, 0.6) is 0 Å². The molecule has 2 N–H and O–H groups in total. The van der Waals surface area contributed by atoms with Gasteiger partial charge < -0.3 is 19.6 Å². The Morgan fingerprint density at radius 1 is 0.963 bits per heavy atom. The summed E-state index contributed by atoms with van der Waals surface area (Å²) in [5.41, 5.74) is -4.33. The standard InChI is InChI=1S/C37H45F9N4O3S/c1-5-31(53-13-14-54-4)20-48-34(47)50(23(3)26-16-29(36(41,42)43)19-30(17-26)37(44,45)46)22-27-18-28(35(38,39)40)11-12-32(27)49(6-2)21-25-9-7-24(8-10-25)15-33(51)52/h5,11-12,16-20,23-25,47H,6-10,13-15,21-22H2,1-4H3,(H,51,52)/b31-5+,47-34?,48-20-/t23?,24-,25-. The lowest BCUT2D eigenvalue weighted by Gasteiger charge is -2.36. The highest BCUT2D eigenvalue weighted by molar-refractivity contribution is 7.98. The number of guanidine groups is 1. The minimum absolute atomic E-state index is 0.0172. The molecule has 2 aromatic carbocycles. The number of alkyl halides is 9. The Labute approximate surface area is 313 Å². The van der Waals surface area contributed by atoms with Crippen LogP contribution in [0.15, 0.2) is 53.2 Å². The molecular weight excluding hydrogens is 751 g/mol. The molecule has 7 nitrogen and oxygen atoms in total. The SMILES string of the molecule is C/C=C(\C=N/C(=N)N(Cc1cc(C(F)(F)F)ccc1N(CC)C[C@H]1CC[C@H](CC(=O)O)CC1)C(C)c1cc(C(F)(F)F)cc(C(F)(F)F)c1)OCCSC. The molecule has 0 saturated heterocycles. The van der Waals surface area contributed by atoms with Crippen molar-refractivity contribution >= 4 is 35.6 Å². The summed E-state index contributed by atoms with van der Waals surface area (Å²) in [5, 5.41) is 18.1. The molecule has 1 unspecified atom stereocenters. The fourth-order valence-electron chi connectivity index (χ4n) is 6.39. The van der Waals surface area contributed by atoms with E-state index in [2.05, 4.69) is 4.99 Å². The van der Waals surface area contributed by atoms with Gasteiger partial charge in [-0.3, -0.25) is 10.2 Å². The Morgan fingerprint density at radius 2 is 1.54 bits per heavy atom. The molecule has 0 heterocycles. The number of ether oxygens (including phenoxy) is 1. The van der Waals surface area contributed by atoms with Crippen molar-refractivity contribution in [3.05, 3.63) is 76.1 Å². The minimum atomic E-state index is -5.16. The summed E-state index contributed by atoms with van der Waals surface area (Å²) in [6.45, 7) is 5.13. The maximum Gasteiger partial charge on any atom is 0.416 e. The van der Waals surface area contributed by atoms with Crippen LogP contribution < -0.4 is 4.90 Å². The third-order valence-electron chi connectivity index (χ3n) is 9.36. The monoisotopic (exact) mass is 796 g/mol. The third-order valence-corrected chi connectivity index (χ3v) is 9.94. The molecule has 0 bridgehead atoms. The van der Waals surface area contributed by atoms with Crippen molar-refractivity contribution in [3.63, 3.8) is 0 Å². The number of hydrogen-bond donors (Lipinski definition) is 2. The van der Waals surface area contributed by atoms with Gasteiger partial charge in [-0.25, -0.2) is 4.99 Å². The largest absolute Gasteiger partial charge is 0.491 e. The van der Waals surface area contributed by atoms with Gasteiger partial charge in [-0.05, 0) is 118 Å². The molecule has 300 valence electrons. The van der Waals surface area contributed by atoms with Gasteiger partial charge in [0.15, 0.2) is 0 Å². The van der Waals surface area contributed by atoms with Crippen molar-refractivity contribution < 1.29 is 54.2 Å². The molecule has 3 rings (SSSR count). The smallest absolute Gasteiger partial charge is 0.416 e. The van der Waals surface area contributed by atoms with E-state index in [-0.39, 0.29) is 42.3 Å².